The van der Waals surface area contributed by atoms with Crippen LogP contribution in [0.25, 0.3) is 0 Å². The summed E-state index contributed by atoms with van der Waals surface area (Å²) in [7, 11) is 0. The summed E-state index contributed by atoms with van der Waals surface area (Å²) in [6, 6.07) is 3.63. The Morgan fingerprint density at radius 3 is 2.12 bits per heavy atom. The van der Waals surface area contributed by atoms with Gasteiger partial charge in [0.15, 0.2) is 6.29 Å². The minimum Gasteiger partial charge on any atom is -0.384 e. The Kier molecular flexibility index (Phi) is 2.44. The molecule has 1 saturated heterocycles. The molecule has 0 bridgehead atoms. The predicted octanol–water partition coefficient (Wildman–Crippen LogP) is 2.27. The van der Waals surface area contributed by atoms with E-state index in [1.54, 1.807) is 12.3 Å². The van der Waals surface area contributed by atoms with Crippen molar-refractivity contribution < 1.29 is 9.47 Å². The molecular weight excluding hydrogens is 204 g/mol. The average molecular weight is 222 g/mol. The van der Waals surface area contributed by atoms with E-state index in [9.17, 15) is 0 Å². The van der Waals surface area contributed by atoms with Gasteiger partial charge in [-0.15, -0.1) is 0 Å². The number of aromatic nitrogens is 1. The van der Waals surface area contributed by atoms with Crippen LogP contribution in [-0.2, 0) is 9.47 Å². The maximum Gasteiger partial charge on any atom is 0.186 e. The van der Waals surface area contributed by atoms with Crippen molar-refractivity contribution in [3.05, 3.63) is 23.9 Å². The van der Waals surface area contributed by atoms with Crippen LogP contribution in [0, 0.1) is 0 Å². The number of nitrogens with two attached hydrogens (primary N) is 1. The van der Waals surface area contributed by atoms with Crippen molar-refractivity contribution in [1.29, 1.82) is 0 Å². The highest BCUT2D eigenvalue weighted by Gasteiger charge is 2.49. The Morgan fingerprint density at radius 1 is 1.12 bits per heavy atom. The highest BCUT2D eigenvalue weighted by Crippen LogP contribution is 2.44. The molecule has 4 nitrogen and oxygen atoms in total. The highest BCUT2D eigenvalue weighted by molar-refractivity contribution is 5.30. The maximum atomic E-state index is 5.89. The molecule has 4 heteroatoms. The van der Waals surface area contributed by atoms with Crippen LogP contribution in [0.4, 0.5) is 5.82 Å². The van der Waals surface area contributed by atoms with Crippen molar-refractivity contribution in [2.45, 2.75) is 45.2 Å². The van der Waals surface area contributed by atoms with Crippen LogP contribution in [-0.4, -0.2) is 16.2 Å². The molecule has 88 valence electrons. The number of nitrogens with zero attached hydrogens (tertiary/aromatic N) is 1. The van der Waals surface area contributed by atoms with Gasteiger partial charge in [-0.05, 0) is 39.8 Å². The number of hydrogen-bond donors (Lipinski definition) is 1. The van der Waals surface area contributed by atoms with Crippen LogP contribution >= 0.6 is 0 Å². The first kappa shape index (κ1) is 11.4. The average Bonchev–Trinajstić information content (AvgIpc) is 2.37. The molecule has 1 aromatic heterocycles. The molecule has 1 aliphatic rings. The molecule has 0 spiro atoms. The van der Waals surface area contributed by atoms with Gasteiger partial charge in [0.2, 0.25) is 0 Å². The van der Waals surface area contributed by atoms with E-state index in [-0.39, 0.29) is 17.5 Å². The topological polar surface area (TPSA) is 57.4 Å². The first-order valence-electron chi connectivity index (χ1n) is 5.39. The number of hydrogen-bond acceptors (Lipinski definition) is 4. The van der Waals surface area contributed by atoms with Crippen molar-refractivity contribution in [2.24, 2.45) is 0 Å². The lowest BCUT2D eigenvalue weighted by Gasteiger charge is -2.30. The molecule has 0 unspecified atom stereocenters. The lowest BCUT2D eigenvalue weighted by molar-refractivity contribution is -0.0897. The minimum absolute atomic E-state index is 0.320. The normalized spacial score (nSPS) is 23.5. The fraction of sp³-hybridized carbons (Fsp3) is 0.583. The molecule has 0 atom stereocenters. The van der Waals surface area contributed by atoms with E-state index in [0.29, 0.717) is 5.82 Å². The molecule has 0 aliphatic carbocycles. The molecule has 2 N–H and O–H groups in total. The summed E-state index contributed by atoms with van der Waals surface area (Å²) in [5.74, 6) is 0.500. The van der Waals surface area contributed by atoms with Gasteiger partial charge in [0.1, 0.15) is 5.82 Å². The molecule has 16 heavy (non-hydrogen) atoms. The Balaban J connectivity index is 2.23. The lowest BCUT2D eigenvalue weighted by Crippen LogP contribution is -2.41. The van der Waals surface area contributed by atoms with E-state index >= 15 is 0 Å². The van der Waals surface area contributed by atoms with E-state index in [0.717, 1.165) is 5.56 Å². The minimum atomic E-state index is -0.363. The Hall–Kier alpha value is -1.13. The molecule has 2 rings (SSSR count). The molecule has 0 radical (unpaired) electrons. The molecule has 0 amide bonds. The molecule has 0 saturated carbocycles. The molecule has 0 aromatic carbocycles. The molecule has 2 heterocycles. The first-order chi connectivity index (χ1) is 7.32. The van der Waals surface area contributed by atoms with Gasteiger partial charge in [-0.3, -0.25) is 0 Å². The number of nitrogen functional groups attached to an aromatic ring is 1. The number of rotatable bonds is 1. The van der Waals surface area contributed by atoms with Gasteiger partial charge in [-0.1, -0.05) is 0 Å². The smallest absolute Gasteiger partial charge is 0.186 e. The van der Waals surface area contributed by atoms with Crippen LogP contribution < -0.4 is 5.73 Å². The molecular formula is C12H18N2O2. The molecule has 1 fully saturated rings. The van der Waals surface area contributed by atoms with Crippen LogP contribution in [0.5, 0.6) is 0 Å². The lowest BCUT2D eigenvalue weighted by atomic mass is 9.90. The third kappa shape index (κ3) is 1.79. The number of pyridine rings is 1. The maximum absolute atomic E-state index is 5.89. The summed E-state index contributed by atoms with van der Waals surface area (Å²) in [4.78, 5) is 4.04. The largest absolute Gasteiger partial charge is 0.384 e. The zero-order valence-electron chi connectivity index (χ0n) is 10.2. The van der Waals surface area contributed by atoms with Crippen LogP contribution in [0.1, 0.15) is 39.5 Å². The SMILES string of the molecule is CC1(C)OC(c2ccc(N)nc2)OC1(C)C. The standard InChI is InChI=1S/C12H18N2O2/c1-11(2)12(3,4)16-10(15-11)8-5-6-9(13)14-7-8/h5-7,10H,1-4H3,(H2,13,14). The molecule has 1 aromatic rings. The first-order valence-corrected chi connectivity index (χ1v) is 5.39. The van der Waals surface area contributed by atoms with Gasteiger partial charge in [-0.2, -0.15) is 0 Å². The Labute approximate surface area is 95.8 Å². The summed E-state index contributed by atoms with van der Waals surface area (Å²) in [5.41, 5.74) is 5.79. The van der Waals surface area contributed by atoms with Gasteiger partial charge in [0, 0.05) is 11.8 Å². The quantitative estimate of drug-likeness (QED) is 0.791. The van der Waals surface area contributed by atoms with Crippen molar-refractivity contribution in [3.8, 4) is 0 Å². The van der Waals surface area contributed by atoms with Crippen molar-refractivity contribution in [3.63, 3.8) is 0 Å². The monoisotopic (exact) mass is 222 g/mol. The van der Waals surface area contributed by atoms with Gasteiger partial charge in [-0.25, -0.2) is 4.98 Å². The fourth-order valence-electron chi connectivity index (χ4n) is 1.54. The third-order valence-corrected chi connectivity index (χ3v) is 3.33. The number of ether oxygens (including phenoxy) is 2. The van der Waals surface area contributed by atoms with Crippen molar-refractivity contribution >= 4 is 5.82 Å². The fourth-order valence-corrected chi connectivity index (χ4v) is 1.54. The van der Waals surface area contributed by atoms with E-state index in [2.05, 4.69) is 4.98 Å². The number of anilines is 1. The van der Waals surface area contributed by atoms with Crippen molar-refractivity contribution in [2.75, 3.05) is 5.73 Å². The van der Waals surface area contributed by atoms with Gasteiger partial charge in [0.05, 0.1) is 11.2 Å². The van der Waals surface area contributed by atoms with E-state index in [1.165, 1.54) is 0 Å². The van der Waals surface area contributed by atoms with Gasteiger partial charge >= 0.3 is 0 Å². The van der Waals surface area contributed by atoms with E-state index in [1.807, 2.05) is 33.8 Å². The summed E-state index contributed by atoms with van der Waals surface area (Å²) in [5, 5.41) is 0. The van der Waals surface area contributed by atoms with Crippen LogP contribution in [0.2, 0.25) is 0 Å². The highest BCUT2D eigenvalue weighted by atomic mass is 16.7. The van der Waals surface area contributed by atoms with E-state index in [4.69, 9.17) is 15.2 Å². The third-order valence-electron chi connectivity index (χ3n) is 3.33. The summed E-state index contributed by atoms with van der Waals surface area (Å²) >= 11 is 0. The van der Waals surface area contributed by atoms with Crippen LogP contribution in [0.3, 0.4) is 0 Å². The summed E-state index contributed by atoms with van der Waals surface area (Å²) in [6.45, 7) is 8.10. The zero-order chi connectivity index (χ0) is 12.0. The summed E-state index contributed by atoms with van der Waals surface area (Å²) < 4.78 is 11.8. The Bertz CT molecular complexity index is 369. The van der Waals surface area contributed by atoms with Crippen molar-refractivity contribution in [1.82, 2.24) is 4.98 Å². The molecule has 1 aliphatic heterocycles. The van der Waals surface area contributed by atoms with E-state index < -0.39 is 0 Å². The Morgan fingerprint density at radius 2 is 1.69 bits per heavy atom. The van der Waals surface area contributed by atoms with Gasteiger partial charge in [0.25, 0.3) is 0 Å². The second kappa shape index (κ2) is 3.43. The summed E-state index contributed by atoms with van der Waals surface area (Å²) in [6.07, 6.45) is 1.33. The van der Waals surface area contributed by atoms with Crippen LogP contribution in [0.15, 0.2) is 18.3 Å². The van der Waals surface area contributed by atoms with Gasteiger partial charge < -0.3 is 15.2 Å². The predicted molar refractivity (Wildman–Crippen MR) is 61.7 cm³/mol. The zero-order valence-corrected chi connectivity index (χ0v) is 10.2. The second-order valence-electron chi connectivity index (χ2n) is 5.10. The second-order valence-corrected chi connectivity index (χ2v) is 5.10.